The van der Waals surface area contributed by atoms with Crippen LogP contribution in [0.2, 0.25) is 0 Å². The molecule has 1 nitrogen and oxygen atoms in total. The molecular formula is C26H42O. The Labute approximate surface area is 167 Å². The lowest BCUT2D eigenvalue weighted by Gasteiger charge is -2.58. The molecule has 0 spiro atoms. The minimum atomic E-state index is 0.336. The normalized spacial score (nSPS) is 44.3. The number of ketones is 1. The first kappa shape index (κ1) is 19.7. The van der Waals surface area contributed by atoms with Gasteiger partial charge in [0.2, 0.25) is 0 Å². The predicted octanol–water partition coefficient (Wildman–Crippen LogP) is 7.35. The van der Waals surface area contributed by atoms with Crippen molar-refractivity contribution in [1.82, 2.24) is 0 Å². The third-order valence-corrected chi connectivity index (χ3v) is 9.64. The molecule has 4 rings (SSSR count). The van der Waals surface area contributed by atoms with E-state index in [0.29, 0.717) is 22.0 Å². The van der Waals surface area contributed by atoms with Gasteiger partial charge in [-0.05, 0) is 104 Å². The van der Waals surface area contributed by atoms with E-state index in [0.717, 1.165) is 36.5 Å². The van der Waals surface area contributed by atoms with E-state index >= 15 is 0 Å². The van der Waals surface area contributed by atoms with Crippen LogP contribution in [0.4, 0.5) is 0 Å². The standard InChI is InChI=1S/C26H42O/c1-24(2,3)14-6-7-18-9-11-22-21-10-8-19-17-20(27)12-15-26(19,5)23(21)13-16-25(18,22)4/h17-18,21-23H,6-16H2,1-5H3. The fraction of sp³-hybridized carbons (Fsp3) is 0.885. The average molecular weight is 371 g/mol. The molecule has 0 aromatic rings. The monoisotopic (exact) mass is 370 g/mol. The first-order chi connectivity index (χ1) is 12.6. The third-order valence-electron chi connectivity index (χ3n) is 9.64. The summed E-state index contributed by atoms with van der Waals surface area (Å²) >= 11 is 0. The van der Waals surface area contributed by atoms with Crippen LogP contribution in [0, 0.1) is 39.9 Å². The molecule has 0 aromatic carbocycles. The van der Waals surface area contributed by atoms with Crippen molar-refractivity contribution in [2.45, 2.75) is 105 Å². The molecule has 0 aliphatic heterocycles. The molecular weight excluding hydrogens is 328 g/mol. The van der Waals surface area contributed by atoms with Crippen LogP contribution in [0.15, 0.2) is 11.6 Å². The van der Waals surface area contributed by atoms with Crippen molar-refractivity contribution in [3.05, 3.63) is 11.6 Å². The molecule has 0 amide bonds. The molecule has 0 aromatic heterocycles. The van der Waals surface area contributed by atoms with E-state index in [1.54, 1.807) is 0 Å². The van der Waals surface area contributed by atoms with Gasteiger partial charge in [0.25, 0.3) is 0 Å². The highest BCUT2D eigenvalue weighted by Crippen LogP contribution is 2.67. The number of carbonyl (C=O) groups excluding carboxylic acids is 1. The van der Waals surface area contributed by atoms with Crippen molar-refractivity contribution in [1.29, 1.82) is 0 Å². The predicted molar refractivity (Wildman–Crippen MR) is 114 cm³/mol. The van der Waals surface area contributed by atoms with Crippen molar-refractivity contribution >= 4 is 5.78 Å². The highest BCUT2D eigenvalue weighted by atomic mass is 16.1. The van der Waals surface area contributed by atoms with Crippen molar-refractivity contribution in [2.75, 3.05) is 0 Å². The molecule has 0 heterocycles. The quantitative estimate of drug-likeness (QED) is 0.507. The lowest BCUT2D eigenvalue weighted by Crippen LogP contribution is -2.50. The number of allylic oxidation sites excluding steroid dienone is 1. The highest BCUT2D eigenvalue weighted by Gasteiger charge is 2.58. The van der Waals surface area contributed by atoms with Crippen molar-refractivity contribution < 1.29 is 4.79 Å². The molecule has 4 aliphatic rings. The Hall–Kier alpha value is -0.590. The molecule has 1 heteroatoms. The van der Waals surface area contributed by atoms with E-state index in [4.69, 9.17) is 0 Å². The number of carbonyl (C=O) groups is 1. The van der Waals surface area contributed by atoms with Gasteiger partial charge < -0.3 is 0 Å². The van der Waals surface area contributed by atoms with E-state index in [2.05, 4.69) is 40.7 Å². The van der Waals surface area contributed by atoms with Gasteiger partial charge in [0.1, 0.15) is 0 Å². The van der Waals surface area contributed by atoms with Crippen LogP contribution in [0.25, 0.3) is 0 Å². The van der Waals surface area contributed by atoms with Crippen LogP contribution in [0.3, 0.4) is 0 Å². The summed E-state index contributed by atoms with van der Waals surface area (Å²) in [6.07, 6.45) is 16.6. The van der Waals surface area contributed by atoms with Crippen LogP contribution in [-0.2, 0) is 4.79 Å². The van der Waals surface area contributed by atoms with Gasteiger partial charge in [-0.1, -0.05) is 46.6 Å². The number of fused-ring (bicyclic) bond motifs is 5. The molecule has 0 N–H and O–H groups in total. The lowest BCUT2D eigenvalue weighted by molar-refractivity contribution is -0.117. The summed E-state index contributed by atoms with van der Waals surface area (Å²) < 4.78 is 0. The summed E-state index contributed by atoms with van der Waals surface area (Å²) in [7, 11) is 0. The molecule has 6 atom stereocenters. The maximum Gasteiger partial charge on any atom is 0.155 e. The summed E-state index contributed by atoms with van der Waals surface area (Å²) in [5.41, 5.74) is 2.93. The number of hydrogen-bond donors (Lipinski definition) is 0. The Morgan fingerprint density at radius 3 is 2.52 bits per heavy atom. The summed E-state index contributed by atoms with van der Waals surface area (Å²) in [5, 5.41) is 0. The second-order valence-electron chi connectivity index (χ2n) is 12.2. The Morgan fingerprint density at radius 1 is 1.00 bits per heavy atom. The van der Waals surface area contributed by atoms with E-state index in [-0.39, 0.29) is 0 Å². The molecule has 3 fully saturated rings. The van der Waals surface area contributed by atoms with Crippen LogP contribution in [-0.4, -0.2) is 5.78 Å². The second kappa shape index (κ2) is 6.74. The SMILES string of the molecule is CC(C)(C)CCCC1CCC2C3CCC4=CC(=O)CCC4(C)C3CCC12C. The molecule has 27 heavy (non-hydrogen) atoms. The van der Waals surface area contributed by atoms with Crippen molar-refractivity contribution in [2.24, 2.45) is 39.9 Å². The molecule has 4 aliphatic carbocycles. The van der Waals surface area contributed by atoms with Gasteiger partial charge in [0, 0.05) is 6.42 Å². The van der Waals surface area contributed by atoms with E-state index in [1.165, 1.54) is 63.4 Å². The Bertz CT molecular complexity index is 623. The summed E-state index contributed by atoms with van der Waals surface area (Å²) in [4.78, 5) is 12.0. The van der Waals surface area contributed by atoms with Crippen LogP contribution < -0.4 is 0 Å². The van der Waals surface area contributed by atoms with E-state index < -0.39 is 0 Å². The zero-order valence-corrected chi connectivity index (χ0v) is 18.6. The van der Waals surface area contributed by atoms with Gasteiger partial charge in [-0.3, -0.25) is 4.79 Å². The Balaban J connectivity index is 1.49. The maximum atomic E-state index is 12.0. The van der Waals surface area contributed by atoms with Gasteiger partial charge in [-0.25, -0.2) is 0 Å². The molecule has 6 unspecified atom stereocenters. The summed E-state index contributed by atoms with van der Waals surface area (Å²) in [6, 6.07) is 0. The van der Waals surface area contributed by atoms with Gasteiger partial charge in [0.05, 0.1) is 0 Å². The topological polar surface area (TPSA) is 17.1 Å². The minimum absolute atomic E-state index is 0.336. The first-order valence-electron chi connectivity index (χ1n) is 11.9. The molecule has 152 valence electrons. The van der Waals surface area contributed by atoms with Gasteiger partial charge in [-0.15, -0.1) is 0 Å². The van der Waals surface area contributed by atoms with Gasteiger partial charge in [-0.2, -0.15) is 0 Å². The third kappa shape index (κ3) is 3.36. The fourth-order valence-corrected chi connectivity index (χ4v) is 8.02. The minimum Gasteiger partial charge on any atom is -0.295 e. The average Bonchev–Trinajstić information content (AvgIpc) is 2.91. The zero-order chi connectivity index (χ0) is 19.4. The van der Waals surface area contributed by atoms with Crippen LogP contribution in [0.1, 0.15) is 105 Å². The molecule has 0 bridgehead atoms. The fourth-order valence-electron chi connectivity index (χ4n) is 8.02. The van der Waals surface area contributed by atoms with Crippen molar-refractivity contribution in [3.8, 4) is 0 Å². The smallest absolute Gasteiger partial charge is 0.155 e. The summed E-state index contributed by atoms with van der Waals surface area (Å²) in [5.74, 6) is 4.07. The van der Waals surface area contributed by atoms with Gasteiger partial charge >= 0.3 is 0 Å². The second-order valence-corrected chi connectivity index (χ2v) is 12.2. The van der Waals surface area contributed by atoms with Crippen LogP contribution in [0.5, 0.6) is 0 Å². The lowest BCUT2D eigenvalue weighted by atomic mass is 9.46. The van der Waals surface area contributed by atoms with E-state index in [1.807, 2.05) is 0 Å². The largest absolute Gasteiger partial charge is 0.295 e. The number of rotatable bonds is 3. The Kier molecular flexibility index (Phi) is 4.92. The summed E-state index contributed by atoms with van der Waals surface area (Å²) in [6.45, 7) is 12.3. The zero-order valence-electron chi connectivity index (χ0n) is 18.6. The first-order valence-corrected chi connectivity index (χ1v) is 11.9. The molecule has 0 radical (unpaired) electrons. The number of hydrogen-bond acceptors (Lipinski definition) is 1. The van der Waals surface area contributed by atoms with Crippen molar-refractivity contribution in [3.63, 3.8) is 0 Å². The van der Waals surface area contributed by atoms with E-state index in [9.17, 15) is 4.79 Å². The highest BCUT2D eigenvalue weighted by molar-refractivity contribution is 5.91. The molecule has 3 saturated carbocycles. The Morgan fingerprint density at radius 2 is 1.78 bits per heavy atom. The van der Waals surface area contributed by atoms with Crippen LogP contribution >= 0.6 is 0 Å². The van der Waals surface area contributed by atoms with Gasteiger partial charge in [0.15, 0.2) is 5.78 Å². The maximum absolute atomic E-state index is 12.0. The molecule has 0 saturated heterocycles.